The Hall–Kier alpha value is -5.08. The van der Waals surface area contributed by atoms with E-state index in [0.717, 1.165) is 6.42 Å². The highest BCUT2D eigenvalue weighted by Crippen LogP contribution is 2.46. The van der Waals surface area contributed by atoms with E-state index in [1.54, 1.807) is 0 Å². The molecule has 0 aromatic heterocycles. The van der Waals surface area contributed by atoms with Gasteiger partial charge in [-0.25, -0.2) is 0 Å². The molecule has 0 saturated heterocycles. The van der Waals surface area contributed by atoms with Gasteiger partial charge in [-0.15, -0.1) is 0 Å². The Kier molecular flexibility index (Phi) is 5.53. The summed E-state index contributed by atoms with van der Waals surface area (Å²) in [6.45, 7) is 2.24. The van der Waals surface area contributed by atoms with Gasteiger partial charge < -0.3 is 10.2 Å². The second kappa shape index (κ2) is 9.53. The molecule has 8 rings (SSSR count). The third kappa shape index (κ3) is 3.72. The van der Waals surface area contributed by atoms with Crippen LogP contribution in [0.1, 0.15) is 13.3 Å². The van der Waals surface area contributed by atoms with Gasteiger partial charge in [0.25, 0.3) is 0 Å². The van der Waals surface area contributed by atoms with Gasteiger partial charge in [0, 0.05) is 5.69 Å². The van der Waals surface area contributed by atoms with Crippen LogP contribution in [0.4, 0.5) is 17.1 Å². The standard InChI is InChI=1S/C39H30N2/c1-2-37-40-35-20-9-10-21-36(35)41(37)28-24-22-27(23-25-28)38-31-15-5-7-17-33(31)39(34-18-8-6-16-32(34)38)30-19-11-13-26-12-3-4-14-29(26)30/h3-25,37,40H,2H2,1H3. The van der Waals surface area contributed by atoms with Crippen molar-refractivity contribution in [2.45, 2.75) is 19.5 Å². The highest BCUT2D eigenvalue weighted by molar-refractivity contribution is 6.23. The molecule has 7 aromatic carbocycles. The minimum Gasteiger partial charge on any atom is -0.363 e. The van der Waals surface area contributed by atoms with E-state index in [4.69, 9.17) is 0 Å². The molecule has 196 valence electrons. The minimum atomic E-state index is 0.250. The Morgan fingerprint density at radius 1 is 0.537 bits per heavy atom. The van der Waals surface area contributed by atoms with Crippen LogP contribution in [0.3, 0.4) is 0 Å². The van der Waals surface area contributed by atoms with Crippen LogP contribution in [0.15, 0.2) is 140 Å². The number of nitrogens with one attached hydrogen (secondary N) is 1. The Morgan fingerprint density at radius 2 is 1.10 bits per heavy atom. The number of hydrogen-bond donors (Lipinski definition) is 1. The van der Waals surface area contributed by atoms with Crippen LogP contribution < -0.4 is 10.2 Å². The predicted octanol–water partition coefficient (Wildman–Crippen LogP) is 10.8. The molecule has 1 heterocycles. The van der Waals surface area contributed by atoms with Gasteiger partial charge >= 0.3 is 0 Å². The van der Waals surface area contributed by atoms with Crippen LogP contribution >= 0.6 is 0 Å². The summed E-state index contributed by atoms with van der Waals surface area (Å²) in [7, 11) is 0. The zero-order valence-corrected chi connectivity index (χ0v) is 23.0. The van der Waals surface area contributed by atoms with Crippen molar-refractivity contribution in [2.75, 3.05) is 10.2 Å². The van der Waals surface area contributed by atoms with Crippen molar-refractivity contribution >= 4 is 49.4 Å². The molecule has 0 fully saturated rings. The summed E-state index contributed by atoms with van der Waals surface area (Å²) in [6, 6.07) is 51.0. The summed E-state index contributed by atoms with van der Waals surface area (Å²) in [5, 5.41) is 11.4. The summed E-state index contributed by atoms with van der Waals surface area (Å²) in [4.78, 5) is 2.43. The largest absolute Gasteiger partial charge is 0.363 e. The number of anilines is 3. The monoisotopic (exact) mass is 526 g/mol. The predicted molar refractivity (Wildman–Crippen MR) is 176 cm³/mol. The molecule has 1 aliphatic heterocycles. The zero-order chi connectivity index (χ0) is 27.3. The molecule has 0 aliphatic carbocycles. The summed E-state index contributed by atoms with van der Waals surface area (Å²) >= 11 is 0. The molecule has 0 saturated carbocycles. The van der Waals surface area contributed by atoms with E-state index >= 15 is 0 Å². The van der Waals surface area contributed by atoms with E-state index in [0.29, 0.717) is 0 Å². The maximum Gasteiger partial charge on any atom is 0.104 e. The first-order valence-corrected chi connectivity index (χ1v) is 14.5. The normalized spacial score (nSPS) is 14.5. The van der Waals surface area contributed by atoms with E-state index in [-0.39, 0.29) is 6.17 Å². The van der Waals surface area contributed by atoms with Crippen LogP contribution in [-0.2, 0) is 0 Å². The molecule has 0 bridgehead atoms. The van der Waals surface area contributed by atoms with Crippen molar-refractivity contribution in [3.8, 4) is 22.3 Å². The third-order valence-electron chi connectivity index (χ3n) is 8.61. The van der Waals surface area contributed by atoms with E-state index < -0.39 is 0 Å². The van der Waals surface area contributed by atoms with Gasteiger partial charge in [0.1, 0.15) is 6.17 Å². The van der Waals surface area contributed by atoms with E-state index in [1.165, 1.54) is 71.6 Å². The van der Waals surface area contributed by atoms with Crippen LogP contribution in [0.5, 0.6) is 0 Å². The molecule has 0 amide bonds. The fourth-order valence-electron chi connectivity index (χ4n) is 6.78. The molecule has 0 radical (unpaired) electrons. The molecular formula is C39H30N2. The Bertz CT molecular complexity index is 2010. The molecule has 41 heavy (non-hydrogen) atoms. The molecule has 7 aromatic rings. The van der Waals surface area contributed by atoms with Crippen LogP contribution in [0.2, 0.25) is 0 Å². The molecule has 2 nitrogen and oxygen atoms in total. The fourth-order valence-corrected chi connectivity index (χ4v) is 6.78. The van der Waals surface area contributed by atoms with Gasteiger partial charge in [-0.1, -0.05) is 122 Å². The maximum absolute atomic E-state index is 3.69. The number of fused-ring (bicyclic) bond motifs is 4. The number of hydrogen-bond acceptors (Lipinski definition) is 2. The van der Waals surface area contributed by atoms with Crippen molar-refractivity contribution in [1.29, 1.82) is 0 Å². The van der Waals surface area contributed by atoms with Gasteiger partial charge in [0.2, 0.25) is 0 Å². The first-order chi connectivity index (χ1) is 20.3. The number of nitrogens with zero attached hydrogens (tertiary/aromatic N) is 1. The lowest BCUT2D eigenvalue weighted by Gasteiger charge is -2.26. The lowest BCUT2D eigenvalue weighted by molar-refractivity contribution is 0.728. The molecule has 1 N–H and O–H groups in total. The van der Waals surface area contributed by atoms with Gasteiger partial charge in [0.15, 0.2) is 0 Å². The summed E-state index contributed by atoms with van der Waals surface area (Å²) in [5.41, 5.74) is 8.76. The topological polar surface area (TPSA) is 15.3 Å². The van der Waals surface area contributed by atoms with Gasteiger partial charge in [-0.2, -0.15) is 0 Å². The molecular weight excluding hydrogens is 496 g/mol. The van der Waals surface area contributed by atoms with Crippen molar-refractivity contribution < 1.29 is 0 Å². The van der Waals surface area contributed by atoms with Crippen molar-refractivity contribution in [1.82, 2.24) is 0 Å². The summed E-state index contributed by atoms with van der Waals surface area (Å²) in [5.74, 6) is 0. The van der Waals surface area contributed by atoms with Crippen molar-refractivity contribution in [2.24, 2.45) is 0 Å². The lowest BCUT2D eigenvalue weighted by Crippen LogP contribution is -2.30. The SMILES string of the molecule is CCC1Nc2ccccc2N1c1ccc(-c2c3ccccc3c(-c3cccc4ccccc34)c3ccccc23)cc1. The average Bonchev–Trinajstić information content (AvgIpc) is 3.42. The van der Waals surface area contributed by atoms with Gasteiger partial charge in [-0.05, 0) is 85.3 Å². The van der Waals surface area contributed by atoms with Gasteiger partial charge in [-0.3, -0.25) is 0 Å². The lowest BCUT2D eigenvalue weighted by atomic mass is 9.85. The first-order valence-electron chi connectivity index (χ1n) is 14.5. The molecule has 1 unspecified atom stereocenters. The molecule has 2 heteroatoms. The van der Waals surface area contributed by atoms with Crippen LogP contribution in [0.25, 0.3) is 54.6 Å². The smallest absolute Gasteiger partial charge is 0.104 e. The zero-order valence-electron chi connectivity index (χ0n) is 23.0. The van der Waals surface area contributed by atoms with Crippen LogP contribution in [-0.4, -0.2) is 6.17 Å². The third-order valence-corrected chi connectivity index (χ3v) is 8.61. The highest BCUT2D eigenvalue weighted by atomic mass is 15.3. The first kappa shape index (κ1) is 23.8. The van der Waals surface area contributed by atoms with Crippen molar-refractivity contribution in [3.05, 3.63) is 140 Å². The summed E-state index contributed by atoms with van der Waals surface area (Å²) < 4.78 is 0. The highest BCUT2D eigenvalue weighted by Gasteiger charge is 2.28. The number of rotatable bonds is 4. The Labute approximate surface area is 240 Å². The Balaban J connectivity index is 1.35. The maximum atomic E-state index is 3.69. The van der Waals surface area contributed by atoms with E-state index in [2.05, 4.69) is 157 Å². The Morgan fingerprint density at radius 3 is 1.78 bits per heavy atom. The van der Waals surface area contributed by atoms with Gasteiger partial charge in [0.05, 0.1) is 11.4 Å². The molecule has 1 atom stereocenters. The van der Waals surface area contributed by atoms with Crippen LogP contribution in [0, 0.1) is 0 Å². The van der Waals surface area contributed by atoms with E-state index in [1.807, 2.05) is 0 Å². The molecule has 1 aliphatic rings. The average molecular weight is 527 g/mol. The minimum absolute atomic E-state index is 0.250. The fraction of sp³-hybridized carbons (Fsp3) is 0.0769. The number of benzene rings is 7. The summed E-state index contributed by atoms with van der Waals surface area (Å²) in [6.07, 6.45) is 1.27. The molecule has 0 spiro atoms. The van der Waals surface area contributed by atoms with E-state index in [9.17, 15) is 0 Å². The number of para-hydroxylation sites is 2. The second-order valence-corrected chi connectivity index (χ2v) is 10.9. The van der Waals surface area contributed by atoms with Crippen molar-refractivity contribution in [3.63, 3.8) is 0 Å². The second-order valence-electron chi connectivity index (χ2n) is 10.9. The quantitative estimate of drug-likeness (QED) is 0.229.